The number of ether oxygens (including phenoxy) is 1. The van der Waals surface area contributed by atoms with Crippen LogP contribution < -0.4 is 21.1 Å². The average Bonchev–Trinajstić information content (AvgIpc) is 2.63. The molecule has 0 bridgehead atoms. The fourth-order valence-corrected chi connectivity index (χ4v) is 2.26. The van der Waals surface area contributed by atoms with Gasteiger partial charge in [0.2, 0.25) is 5.91 Å². The van der Waals surface area contributed by atoms with Crippen molar-refractivity contribution in [3.63, 3.8) is 0 Å². The maximum absolute atomic E-state index is 12.2. The summed E-state index contributed by atoms with van der Waals surface area (Å²) in [6.07, 6.45) is 1.48. The Hall–Kier alpha value is -2.57. The van der Waals surface area contributed by atoms with Crippen molar-refractivity contribution in [2.45, 2.75) is 25.8 Å². The number of hydrogen-bond acceptors (Lipinski definition) is 4. The summed E-state index contributed by atoms with van der Waals surface area (Å²) in [6.45, 7) is 1.98. The molecule has 2 aromatic carbocycles. The molecule has 2 amide bonds. The van der Waals surface area contributed by atoms with Crippen LogP contribution in [0.25, 0.3) is 0 Å². The minimum atomic E-state index is -0.525. The number of nitrogens with two attached hydrogens (primary N) is 1. The zero-order valence-corrected chi connectivity index (χ0v) is 15.6. The Morgan fingerprint density at radius 3 is 2.08 bits per heavy atom. The first-order chi connectivity index (χ1) is 12.0. The van der Waals surface area contributed by atoms with Gasteiger partial charge in [-0.15, -0.1) is 12.4 Å². The van der Waals surface area contributed by atoms with Gasteiger partial charge >= 0.3 is 0 Å². The second-order valence-corrected chi connectivity index (χ2v) is 5.64. The van der Waals surface area contributed by atoms with E-state index in [4.69, 9.17) is 10.5 Å². The lowest BCUT2D eigenvalue weighted by atomic mass is 10.1. The lowest BCUT2D eigenvalue weighted by molar-refractivity contribution is -0.117. The number of halogens is 1. The quantitative estimate of drug-likeness (QED) is 0.689. The smallest absolute Gasteiger partial charge is 0.255 e. The molecule has 0 aliphatic rings. The van der Waals surface area contributed by atoms with Crippen LogP contribution in [0.15, 0.2) is 48.5 Å². The fraction of sp³-hybridized carbons (Fsp3) is 0.263. The van der Waals surface area contributed by atoms with Crippen molar-refractivity contribution in [2.24, 2.45) is 5.73 Å². The highest BCUT2D eigenvalue weighted by atomic mass is 35.5. The third kappa shape index (κ3) is 6.06. The summed E-state index contributed by atoms with van der Waals surface area (Å²) in [7, 11) is 1.59. The highest BCUT2D eigenvalue weighted by molar-refractivity contribution is 6.04. The molecule has 0 spiro atoms. The maximum atomic E-state index is 12.2. The van der Waals surface area contributed by atoms with Crippen LogP contribution in [0.2, 0.25) is 0 Å². The molecule has 0 radical (unpaired) electrons. The van der Waals surface area contributed by atoms with E-state index < -0.39 is 6.04 Å². The summed E-state index contributed by atoms with van der Waals surface area (Å²) in [5, 5.41) is 5.55. The summed E-state index contributed by atoms with van der Waals surface area (Å²) in [5.41, 5.74) is 7.55. The van der Waals surface area contributed by atoms with Gasteiger partial charge in [-0.1, -0.05) is 13.3 Å². The Morgan fingerprint density at radius 2 is 1.54 bits per heavy atom. The molecule has 1 atom stereocenters. The molecule has 0 aliphatic heterocycles. The Labute approximate surface area is 159 Å². The lowest BCUT2D eigenvalue weighted by Gasteiger charge is -2.11. The first-order valence-electron chi connectivity index (χ1n) is 8.15. The third-order valence-electron chi connectivity index (χ3n) is 3.70. The van der Waals surface area contributed by atoms with Gasteiger partial charge in [0, 0.05) is 16.9 Å². The number of methoxy groups -OCH3 is 1. The van der Waals surface area contributed by atoms with Crippen LogP contribution in [0.5, 0.6) is 5.75 Å². The Kier molecular flexibility index (Phi) is 8.61. The fourth-order valence-electron chi connectivity index (χ4n) is 2.26. The number of benzene rings is 2. The van der Waals surface area contributed by atoms with Crippen molar-refractivity contribution in [3.8, 4) is 5.75 Å². The van der Waals surface area contributed by atoms with Crippen LogP contribution in [0.4, 0.5) is 11.4 Å². The van der Waals surface area contributed by atoms with Crippen molar-refractivity contribution in [3.05, 3.63) is 54.1 Å². The number of amides is 2. The van der Waals surface area contributed by atoms with Gasteiger partial charge in [-0.3, -0.25) is 9.59 Å². The Bertz CT molecular complexity index is 718. The predicted octanol–water partition coefficient (Wildman–Crippen LogP) is 3.44. The monoisotopic (exact) mass is 377 g/mol. The zero-order chi connectivity index (χ0) is 18.2. The normalized spacial score (nSPS) is 11.0. The van der Waals surface area contributed by atoms with Gasteiger partial charge in [0.15, 0.2) is 0 Å². The van der Waals surface area contributed by atoms with E-state index in [2.05, 4.69) is 10.6 Å². The van der Waals surface area contributed by atoms with Gasteiger partial charge in [-0.25, -0.2) is 0 Å². The van der Waals surface area contributed by atoms with Crippen LogP contribution in [-0.4, -0.2) is 25.0 Å². The predicted molar refractivity (Wildman–Crippen MR) is 106 cm³/mol. The van der Waals surface area contributed by atoms with Crippen LogP contribution in [0.1, 0.15) is 30.1 Å². The molecule has 6 nitrogen and oxygen atoms in total. The zero-order valence-electron chi connectivity index (χ0n) is 14.8. The van der Waals surface area contributed by atoms with E-state index in [9.17, 15) is 9.59 Å². The van der Waals surface area contributed by atoms with E-state index in [1.165, 1.54) is 0 Å². The number of hydrogen-bond donors (Lipinski definition) is 3. The summed E-state index contributed by atoms with van der Waals surface area (Å²) in [6, 6.07) is 13.2. The minimum absolute atomic E-state index is 0. The molecule has 26 heavy (non-hydrogen) atoms. The molecule has 0 aliphatic carbocycles. The lowest BCUT2D eigenvalue weighted by Crippen LogP contribution is -2.35. The van der Waals surface area contributed by atoms with Gasteiger partial charge in [0.1, 0.15) is 5.75 Å². The molecule has 2 rings (SSSR count). The number of carbonyl (C=O) groups excluding carboxylic acids is 2. The SMILES string of the molecule is CCCC(N)C(=O)Nc1ccc(C(=O)Nc2ccc(OC)cc2)cc1.Cl. The van der Waals surface area contributed by atoms with E-state index in [0.29, 0.717) is 23.4 Å². The molecule has 0 aromatic heterocycles. The Balaban J connectivity index is 0.00000338. The van der Waals surface area contributed by atoms with Crippen molar-refractivity contribution >= 4 is 35.6 Å². The molecule has 0 fully saturated rings. The molecule has 0 heterocycles. The van der Waals surface area contributed by atoms with Crippen molar-refractivity contribution in [1.29, 1.82) is 0 Å². The number of nitrogens with one attached hydrogen (secondary N) is 2. The highest BCUT2D eigenvalue weighted by Gasteiger charge is 2.13. The molecule has 140 valence electrons. The van der Waals surface area contributed by atoms with Crippen LogP contribution in [0, 0.1) is 0 Å². The molecule has 2 aromatic rings. The van der Waals surface area contributed by atoms with Gasteiger partial charge in [-0.2, -0.15) is 0 Å². The molecular formula is C19H24ClN3O3. The van der Waals surface area contributed by atoms with E-state index >= 15 is 0 Å². The van der Waals surface area contributed by atoms with Crippen molar-refractivity contribution < 1.29 is 14.3 Å². The largest absolute Gasteiger partial charge is 0.497 e. The molecular weight excluding hydrogens is 354 g/mol. The topological polar surface area (TPSA) is 93.5 Å². The van der Waals surface area contributed by atoms with Gasteiger partial charge in [0.25, 0.3) is 5.91 Å². The van der Waals surface area contributed by atoms with Gasteiger partial charge < -0.3 is 21.1 Å². The maximum Gasteiger partial charge on any atom is 0.255 e. The van der Waals surface area contributed by atoms with Crippen LogP contribution in [0.3, 0.4) is 0 Å². The van der Waals surface area contributed by atoms with Gasteiger partial charge in [-0.05, 0) is 55.0 Å². The summed E-state index contributed by atoms with van der Waals surface area (Å²) >= 11 is 0. The minimum Gasteiger partial charge on any atom is -0.497 e. The molecule has 1 unspecified atom stereocenters. The average molecular weight is 378 g/mol. The Morgan fingerprint density at radius 1 is 1.00 bits per heavy atom. The summed E-state index contributed by atoms with van der Waals surface area (Å²) < 4.78 is 5.08. The van der Waals surface area contributed by atoms with Gasteiger partial charge in [0.05, 0.1) is 13.2 Å². The number of anilines is 2. The number of carbonyl (C=O) groups is 2. The van der Waals surface area contributed by atoms with E-state index in [0.717, 1.165) is 12.2 Å². The van der Waals surface area contributed by atoms with Crippen LogP contribution in [-0.2, 0) is 4.79 Å². The van der Waals surface area contributed by atoms with Crippen molar-refractivity contribution in [1.82, 2.24) is 0 Å². The molecule has 7 heteroatoms. The van der Waals surface area contributed by atoms with E-state index in [-0.39, 0.29) is 24.2 Å². The molecule has 0 saturated heterocycles. The molecule has 0 saturated carbocycles. The standard InChI is InChI=1S/C19H23N3O3.ClH/c1-3-4-17(20)19(24)22-14-7-5-13(6-8-14)18(23)21-15-9-11-16(25-2)12-10-15;/h5-12,17H,3-4,20H2,1-2H3,(H,21,23)(H,22,24);1H. The highest BCUT2D eigenvalue weighted by Crippen LogP contribution is 2.17. The molecule has 4 N–H and O–H groups in total. The second-order valence-electron chi connectivity index (χ2n) is 5.64. The first-order valence-corrected chi connectivity index (χ1v) is 8.15. The second kappa shape index (κ2) is 10.4. The third-order valence-corrected chi connectivity index (χ3v) is 3.70. The first kappa shape index (κ1) is 21.5. The summed E-state index contributed by atoms with van der Waals surface area (Å²) in [5.74, 6) is 0.266. The van der Waals surface area contributed by atoms with E-state index in [1.54, 1.807) is 55.6 Å². The van der Waals surface area contributed by atoms with E-state index in [1.807, 2.05) is 6.92 Å². The van der Waals surface area contributed by atoms with Crippen molar-refractivity contribution in [2.75, 3.05) is 17.7 Å². The van der Waals surface area contributed by atoms with Crippen LogP contribution >= 0.6 is 12.4 Å². The summed E-state index contributed by atoms with van der Waals surface area (Å²) in [4.78, 5) is 24.1. The number of rotatable bonds is 7.